The van der Waals surface area contributed by atoms with Crippen LogP contribution in [0.25, 0.3) is 0 Å². The molecule has 0 bridgehead atoms. The molecule has 0 saturated carbocycles. The van der Waals surface area contributed by atoms with E-state index >= 15 is 0 Å². The van der Waals surface area contributed by atoms with E-state index in [9.17, 15) is 9.59 Å². The molecule has 0 heterocycles. The lowest BCUT2D eigenvalue weighted by molar-refractivity contribution is -0.107. The van der Waals surface area contributed by atoms with Crippen LogP contribution in [0.1, 0.15) is 23.2 Å². The van der Waals surface area contributed by atoms with E-state index in [4.69, 9.17) is 11.6 Å². The number of hydrogen-bond acceptors (Lipinski definition) is 2. The van der Waals surface area contributed by atoms with E-state index in [0.29, 0.717) is 30.0 Å². The Labute approximate surface area is 93.4 Å². The van der Waals surface area contributed by atoms with Gasteiger partial charge >= 0.3 is 0 Å². The summed E-state index contributed by atoms with van der Waals surface area (Å²) in [6.07, 6.45) is 1.98. The quantitative estimate of drug-likeness (QED) is 0.616. The Morgan fingerprint density at radius 3 is 2.60 bits per heavy atom. The Hall–Kier alpha value is -1.35. The van der Waals surface area contributed by atoms with Gasteiger partial charge in [0.15, 0.2) is 0 Å². The van der Waals surface area contributed by atoms with Gasteiger partial charge in [-0.3, -0.25) is 4.79 Å². The van der Waals surface area contributed by atoms with Crippen LogP contribution in [0.15, 0.2) is 24.3 Å². The first-order chi connectivity index (χ1) is 7.24. The van der Waals surface area contributed by atoms with E-state index in [1.807, 2.05) is 0 Å². The largest absolute Gasteiger partial charge is 0.352 e. The van der Waals surface area contributed by atoms with Gasteiger partial charge in [0.05, 0.1) is 0 Å². The fourth-order valence-electron chi connectivity index (χ4n) is 1.09. The number of amides is 1. The zero-order valence-corrected chi connectivity index (χ0v) is 8.96. The Kier molecular flexibility index (Phi) is 4.84. The normalized spacial score (nSPS) is 9.67. The monoisotopic (exact) mass is 225 g/mol. The first kappa shape index (κ1) is 11.7. The van der Waals surface area contributed by atoms with Crippen LogP contribution in [-0.4, -0.2) is 18.7 Å². The Balaban J connectivity index is 2.40. The molecule has 1 N–H and O–H groups in total. The summed E-state index contributed by atoms with van der Waals surface area (Å²) in [5.74, 6) is -0.141. The number of unbranched alkanes of at least 4 members (excludes halogenated alkanes) is 1. The maximum absolute atomic E-state index is 11.5. The zero-order valence-electron chi connectivity index (χ0n) is 8.20. The standard InChI is InChI=1S/C11H12ClNO2/c12-10-5-3-9(4-6-10)11(15)13-7-1-2-8-14/h3-6,8H,1-2,7H2,(H,13,15). The maximum atomic E-state index is 11.5. The maximum Gasteiger partial charge on any atom is 0.251 e. The van der Waals surface area contributed by atoms with Crippen LogP contribution in [0.4, 0.5) is 0 Å². The number of carbonyl (C=O) groups is 2. The van der Waals surface area contributed by atoms with Gasteiger partial charge < -0.3 is 10.1 Å². The average Bonchev–Trinajstić information content (AvgIpc) is 2.25. The van der Waals surface area contributed by atoms with Crippen LogP contribution in [0.3, 0.4) is 0 Å². The Morgan fingerprint density at radius 2 is 2.00 bits per heavy atom. The third-order valence-corrected chi connectivity index (χ3v) is 2.14. The molecule has 0 spiro atoms. The molecule has 1 amide bonds. The van der Waals surface area contributed by atoms with Crippen molar-refractivity contribution < 1.29 is 9.59 Å². The van der Waals surface area contributed by atoms with Crippen LogP contribution in [0.2, 0.25) is 5.02 Å². The highest BCUT2D eigenvalue weighted by Crippen LogP contribution is 2.09. The third kappa shape index (κ3) is 4.13. The number of hydrogen-bond donors (Lipinski definition) is 1. The minimum Gasteiger partial charge on any atom is -0.352 e. The lowest BCUT2D eigenvalue weighted by atomic mass is 10.2. The molecule has 3 nitrogen and oxygen atoms in total. The van der Waals surface area contributed by atoms with E-state index in [1.54, 1.807) is 24.3 Å². The lowest BCUT2D eigenvalue weighted by Gasteiger charge is -2.03. The second-order valence-corrected chi connectivity index (χ2v) is 3.51. The molecule has 1 aromatic carbocycles. The molecule has 0 atom stereocenters. The first-order valence-electron chi connectivity index (χ1n) is 4.71. The van der Waals surface area contributed by atoms with Crippen molar-refractivity contribution in [3.63, 3.8) is 0 Å². The molecular formula is C11H12ClNO2. The predicted octanol–water partition coefficient (Wildman–Crippen LogP) is 2.05. The molecule has 1 aromatic rings. The van der Waals surface area contributed by atoms with Crippen molar-refractivity contribution in [2.75, 3.05) is 6.54 Å². The Morgan fingerprint density at radius 1 is 1.33 bits per heavy atom. The van der Waals surface area contributed by atoms with Gasteiger partial charge in [-0.25, -0.2) is 0 Å². The molecule has 0 fully saturated rings. The van der Waals surface area contributed by atoms with Crippen LogP contribution < -0.4 is 5.32 Å². The average molecular weight is 226 g/mol. The van der Waals surface area contributed by atoms with Crippen molar-refractivity contribution in [3.8, 4) is 0 Å². The minimum absolute atomic E-state index is 0.141. The summed E-state index contributed by atoms with van der Waals surface area (Å²) >= 11 is 5.69. The van der Waals surface area contributed by atoms with Crippen molar-refractivity contribution >= 4 is 23.8 Å². The third-order valence-electron chi connectivity index (χ3n) is 1.89. The van der Waals surface area contributed by atoms with Crippen molar-refractivity contribution in [2.45, 2.75) is 12.8 Å². The topological polar surface area (TPSA) is 46.2 Å². The lowest BCUT2D eigenvalue weighted by Crippen LogP contribution is -2.24. The SMILES string of the molecule is O=CCCCNC(=O)c1ccc(Cl)cc1. The highest BCUT2D eigenvalue weighted by molar-refractivity contribution is 6.30. The molecule has 0 aliphatic heterocycles. The van der Waals surface area contributed by atoms with Crippen LogP contribution in [-0.2, 0) is 4.79 Å². The van der Waals surface area contributed by atoms with Gasteiger partial charge in [0.25, 0.3) is 5.91 Å². The zero-order chi connectivity index (χ0) is 11.1. The van der Waals surface area contributed by atoms with Gasteiger partial charge in [0.1, 0.15) is 6.29 Å². The predicted molar refractivity (Wildman–Crippen MR) is 59.1 cm³/mol. The van der Waals surface area contributed by atoms with E-state index in [1.165, 1.54) is 0 Å². The summed E-state index contributed by atoms with van der Waals surface area (Å²) in [7, 11) is 0. The number of aldehydes is 1. The highest BCUT2D eigenvalue weighted by atomic mass is 35.5. The molecule has 15 heavy (non-hydrogen) atoms. The van der Waals surface area contributed by atoms with Gasteiger partial charge in [-0.1, -0.05) is 11.6 Å². The summed E-state index contributed by atoms with van der Waals surface area (Å²) in [6.45, 7) is 0.514. The van der Waals surface area contributed by atoms with Crippen molar-refractivity contribution in [1.29, 1.82) is 0 Å². The summed E-state index contributed by atoms with van der Waals surface area (Å²) < 4.78 is 0. The first-order valence-corrected chi connectivity index (χ1v) is 5.09. The molecule has 80 valence electrons. The molecule has 0 unspecified atom stereocenters. The fourth-order valence-corrected chi connectivity index (χ4v) is 1.22. The highest BCUT2D eigenvalue weighted by Gasteiger charge is 2.03. The van der Waals surface area contributed by atoms with Crippen molar-refractivity contribution in [3.05, 3.63) is 34.9 Å². The summed E-state index contributed by atoms with van der Waals surface area (Å²) in [5, 5.41) is 3.32. The van der Waals surface area contributed by atoms with Gasteiger partial charge in [0, 0.05) is 23.6 Å². The van der Waals surface area contributed by atoms with Crippen LogP contribution in [0, 0.1) is 0 Å². The molecule has 0 aromatic heterocycles. The van der Waals surface area contributed by atoms with Crippen LogP contribution in [0.5, 0.6) is 0 Å². The van der Waals surface area contributed by atoms with E-state index in [-0.39, 0.29) is 5.91 Å². The molecule has 0 aliphatic rings. The number of carbonyl (C=O) groups excluding carboxylic acids is 2. The molecule has 0 aliphatic carbocycles. The minimum atomic E-state index is -0.141. The number of rotatable bonds is 5. The van der Waals surface area contributed by atoms with E-state index < -0.39 is 0 Å². The summed E-state index contributed by atoms with van der Waals surface area (Å²) in [5.41, 5.74) is 0.575. The van der Waals surface area contributed by atoms with E-state index in [0.717, 1.165) is 6.29 Å². The number of nitrogens with one attached hydrogen (secondary N) is 1. The second kappa shape index (κ2) is 6.19. The molecule has 4 heteroatoms. The Bertz CT molecular complexity index is 335. The summed E-state index contributed by atoms with van der Waals surface area (Å²) in [4.78, 5) is 21.5. The second-order valence-electron chi connectivity index (χ2n) is 3.07. The summed E-state index contributed by atoms with van der Waals surface area (Å²) in [6, 6.07) is 6.67. The number of halogens is 1. The van der Waals surface area contributed by atoms with Gasteiger partial charge in [-0.15, -0.1) is 0 Å². The van der Waals surface area contributed by atoms with Crippen molar-refractivity contribution in [2.24, 2.45) is 0 Å². The smallest absolute Gasteiger partial charge is 0.251 e. The van der Waals surface area contributed by atoms with E-state index in [2.05, 4.69) is 5.32 Å². The molecule has 0 saturated heterocycles. The van der Waals surface area contributed by atoms with Crippen molar-refractivity contribution in [1.82, 2.24) is 5.32 Å². The van der Waals surface area contributed by atoms with Crippen LogP contribution >= 0.6 is 11.6 Å². The fraction of sp³-hybridized carbons (Fsp3) is 0.273. The van der Waals surface area contributed by atoms with Gasteiger partial charge in [0.2, 0.25) is 0 Å². The molecule has 0 radical (unpaired) electrons. The van der Waals surface area contributed by atoms with Gasteiger partial charge in [-0.05, 0) is 30.7 Å². The number of benzene rings is 1. The molecular weight excluding hydrogens is 214 g/mol. The van der Waals surface area contributed by atoms with Gasteiger partial charge in [-0.2, -0.15) is 0 Å². The molecule has 1 rings (SSSR count).